The third-order valence-corrected chi connectivity index (χ3v) is 4.75. The molecule has 1 atom stereocenters. The normalized spacial score (nSPS) is 13.4. The van der Waals surface area contributed by atoms with Crippen molar-refractivity contribution >= 4 is 33.2 Å². The monoisotopic (exact) mass is 323 g/mol. The number of alkyl halides is 1. The van der Waals surface area contributed by atoms with E-state index in [1.807, 2.05) is 19.1 Å². The lowest BCUT2D eigenvalue weighted by Crippen LogP contribution is -2.30. The summed E-state index contributed by atoms with van der Waals surface area (Å²) in [4.78, 5) is 0. The highest BCUT2D eigenvalue weighted by atomic mass is 35.5. The minimum Gasteiger partial charge on any atom is -0.212 e. The van der Waals surface area contributed by atoms with Gasteiger partial charge in [-0.3, -0.25) is 0 Å². The van der Waals surface area contributed by atoms with Crippen LogP contribution in [0, 0.1) is 0 Å². The highest BCUT2D eigenvalue weighted by Crippen LogP contribution is 2.21. The van der Waals surface area contributed by atoms with Gasteiger partial charge in [0, 0.05) is 16.9 Å². The Morgan fingerprint density at radius 1 is 1.32 bits per heavy atom. The number of hydrogen-bond donors (Lipinski definition) is 1. The Morgan fingerprint density at radius 3 is 2.63 bits per heavy atom. The van der Waals surface area contributed by atoms with Crippen LogP contribution in [-0.4, -0.2) is 20.1 Å². The summed E-state index contributed by atoms with van der Waals surface area (Å²) in [6.07, 6.45) is 1.95. The second-order valence-electron chi connectivity index (χ2n) is 4.35. The molecule has 3 nitrogen and oxygen atoms in total. The molecule has 0 aliphatic carbocycles. The van der Waals surface area contributed by atoms with E-state index in [1.54, 1.807) is 12.1 Å². The molecule has 0 radical (unpaired) electrons. The van der Waals surface area contributed by atoms with Crippen molar-refractivity contribution in [1.29, 1.82) is 0 Å². The largest absolute Gasteiger partial charge is 0.212 e. The molecular formula is C13H19Cl2NO2S. The third kappa shape index (κ3) is 6.13. The maximum atomic E-state index is 11.9. The highest BCUT2D eigenvalue weighted by molar-refractivity contribution is 7.89. The zero-order valence-electron chi connectivity index (χ0n) is 10.9. The zero-order valence-corrected chi connectivity index (χ0v) is 13.2. The van der Waals surface area contributed by atoms with E-state index in [9.17, 15) is 8.42 Å². The van der Waals surface area contributed by atoms with E-state index in [4.69, 9.17) is 23.2 Å². The highest BCUT2D eigenvalue weighted by Gasteiger charge is 2.17. The van der Waals surface area contributed by atoms with Gasteiger partial charge in [-0.15, -0.1) is 11.6 Å². The zero-order chi connectivity index (χ0) is 14.3. The molecule has 1 aromatic carbocycles. The van der Waals surface area contributed by atoms with E-state index in [1.165, 1.54) is 0 Å². The summed E-state index contributed by atoms with van der Waals surface area (Å²) in [6.45, 7) is 1.94. The van der Waals surface area contributed by atoms with Crippen molar-refractivity contribution in [2.24, 2.45) is 0 Å². The van der Waals surface area contributed by atoms with Crippen molar-refractivity contribution in [1.82, 2.24) is 4.72 Å². The van der Waals surface area contributed by atoms with Crippen molar-refractivity contribution in [2.75, 3.05) is 11.6 Å². The molecule has 0 spiro atoms. The summed E-state index contributed by atoms with van der Waals surface area (Å²) < 4.78 is 26.6. The smallest absolute Gasteiger partial charge is 0.212 e. The molecule has 1 unspecified atom stereocenters. The fourth-order valence-electron chi connectivity index (χ4n) is 1.77. The summed E-state index contributed by atoms with van der Waals surface area (Å²) in [5.74, 6) is 0.595. The molecule has 0 aliphatic rings. The van der Waals surface area contributed by atoms with E-state index in [0.717, 1.165) is 5.56 Å². The molecule has 0 heterocycles. The average Bonchev–Trinajstić information content (AvgIpc) is 2.36. The number of hydrogen-bond acceptors (Lipinski definition) is 2. The molecular weight excluding hydrogens is 305 g/mol. The summed E-state index contributed by atoms with van der Waals surface area (Å²) in [7, 11) is -3.28. The predicted molar refractivity (Wildman–Crippen MR) is 81.4 cm³/mol. The van der Waals surface area contributed by atoms with E-state index in [0.29, 0.717) is 30.2 Å². The Labute approximate surface area is 125 Å². The molecule has 1 rings (SSSR count). The standard InChI is InChI=1S/C13H19Cl2NO2S/c1-2-13(11-6-5-7-12(15)10-11)16-19(17,18)9-4-3-8-14/h5-7,10,13,16H,2-4,8-9H2,1H3. The molecule has 0 fully saturated rings. The maximum Gasteiger partial charge on any atom is 0.212 e. The van der Waals surface area contributed by atoms with Crippen LogP contribution in [0.4, 0.5) is 0 Å². The van der Waals surface area contributed by atoms with Crippen LogP contribution in [-0.2, 0) is 10.0 Å². The number of nitrogens with one attached hydrogen (secondary N) is 1. The van der Waals surface area contributed by atoms with Crippen molar-refractivity contribution in [2.45, 2.75) is 32.2 Å². The maximum absolute atomic E-state index is 11.9. The predicted octanol–water partition coefficient (Wildman–Crippen LogP) is 3.73. The second kappa shape index (κ2) is 8.10. The van der Waals surface area contributed by atoms with Crippen molar-refractivity contribution < 1.29 is 8.42 Å². The Bertz CT molecular complexity index is 491. The Hall–Kier alpha value is -0.290. The minimum atomic E-state index is -3.28. The van der Waals surface area contributed by atoms with Gasteiger partial charge in [-0.25, -0.2) is 13.1 Å². The summed E-state index contributed by atoms with van der Waals surface area (Å²) in [6, 6.07) is 7.02. The van der Waals surface area contributed by atoms with Gasteiger partial charge in [0.05, 0.1) is 5.75 Å². The first-order valence-electron chi connectivity index (χ1n) is 6.30. The Morgan fingerprint density at radius 2 is 2.05 bits per heavy atom. The number of halogens is 2. The first kappa shape index (κ1) is 16.8. The summed E-state index contributed by atoms with van der Waals surface area (Å²) >= 11 is 11.5. The first-order valence-corrected chi connectivity index (χ1v) is 8.86. The van der Waals surface area contributed by atoms with Crippen molar-refractivity contribution in [3.05, 3.63) is 34.9 Å². The summed E-state index contributed by atoms with van der Waals surface area (Å²) in [5, 5.41) is 0.609. The lowest BCUT2D eigenvalue weighted by Gasteiger charge is -2.17. The molecule has 19 heavy (non-hydrogen) atoms. The van der Waals surface area contributed by atoms with Gasteiger partial charge in [0.1, 0.15) is 0 Å². The van der Waals surface area contributed by atoms with Crippen LogP contribution in [0.25, 0.3) is 0 Å². The van der Waals surface area contributed by atoms with Crippen LogP contribution < -0.4 is 4.72 Å². The van der Waals surface area contributed by atoms with Gasteiger partial charge in [-0.2, -0.15) is 0 Å². The molecule has 1 N–H and O–H groups in total. The molecule has 0 aliphatic heterocycles. The van der Waals surface area contributed by atoms with E-state index < -0.39 is 10.0 Å². The Kier molecular flexibility index (Phi) is 7.15. The van der Waals surface area contributed by atoms with Crippen molar-refractivity contribution in [3.63, 3.8) is 0 Å². The van der Waals surface area contributed by atoms with Crippen LogP contribution >= 0.6 is 23.2 Å². The second-order valence-corrected chi connectivity index (χ2v) is 7.04. The lowest BCUT2D eigenvalue weighted by atomic mass is 10.1. The van der Waals surface area contributed by atoms with Gasteiger partial charge in [0.15, 0.2) is 0 Å². The van der Waals surface area contributed by atoms with E-state index >= 15 is 0 Å². The molecule has 6 heteroatoms. The van der Waals surface area contributed by atoms with Gasteiger partial charge in [-0.1, -0.05) is 30.7 Å². The fourth-order valence-corrected chi connectivity index (χ4v) is 3.60. The molecule has 0 saturated heterocycles. The van der Waals surface area contributed by atoms with E-state index in [-0.39, 0.29) is 11.8 Å². The van der Waals surface area contributed by atoms with Gasteiger partial charge < -0.3 is 0 Å². The topological polar surface area (TPSA) is 46.2 Å². The van der Waals surface area contributed by atoms with Gasteiger partial charge >= 0.3 is 0 Å². The molecule has 0 bridgehead atoms. The van der Waals surface area contributed by atoms with Crippen LogP contribution in [0.15, 0.2) is 24.3 Å². The number of rotatable bonds is 8. The lowest BCUT2D eigenvalue weighted by molar-refractivity contribution is 0.547. The number of benzene rings is 1. The number of sulfonamides is 1. The van der Waals surface area contributed by atoms with Gasteiger partial charge in [0.25, 0.3) is 0 Å². The quantitative estimate of drug-likeness (QED) is 0.585. The SMILES string of the molecule is CCC(NS(=O)(=O)CCCCCl)c1cccc(Cl)c1. The minimum absolute atomic E-state index is 0.108. The average molecular weight is 324 g/mol. The van der Waals surface area contributed by atoms with Gasteiger partial charge in [-0.05, 0) is 37.0 Å². The molecule has 0 amide bonds. The van der Waals surface area contributed by atoms with Gasteiger partial charge in [0.2, 0.25) is 10.0 Å². The van der Waals surface area contributed by atoms with Crippen LogP contribution in [0.3, 0.4) is 0 Å². The van der Waals surface area contributed by atoms with E-state index in [2.05, 4.69) is 4.72 Å². The molecule has 0 saturated carbocycles. The van der Waals surface area contributed by atoms with Crippen molar-refractivity contribution in [3.8, 4) is 0 Å². The first-order chi connectivity index (χ1) is 8.98. The molecule has 108 valence electrons. The molecule has 0 aromatic heterocycles. The fraction of sp³-hybridized carbons (Fsp3) is 0.538. The Balaban J connectivity index is 2.71. The third-order valence-electron chi connectivity index (χ3n) is 2.78. The van der Waals surface area contributed by atoms with Crippen LogP contribution in [0.1, 0.15) is 37.8 Å². The van der Waals surface area contributed by atoms with Crippen LogP contribution in [0.2, 0.25) is 5.02 Å². The summed E-state index contributed by atoms with van der Waals surface area (Å²) in [5.41, 5.74) is 0.885. The molecule has 1 aromatic rings. The van der Waals surface area contributed by atoms with Crippen LogP contribution in [0.5, 0.6) is 0 Å². The number of unbranched alkanes of at least 4 members (excludes halogenated alkanes) is 1.